The molecule has 0 spiro atoms. The molecule has 8 heteroatoms. The monoisotopic (exact) mass is 458 g/mol. The van der Waals surface area contributed by atoms with Crippen LogP contribution in [0.5, 0.6) is 0 Å². The normalized spacial score (nSPS) is 12.8. The molecule has 0 saturated carbocycles. The van der Waals surface area contributed by atoms with Gasteiger partial charge in [0.15, 0.2) is 10.9 Å². The molecule has 1 aromatic heterocycles. The molecule has 0 aliphatic heterocycles. The van der Waals surface area contributed by atoms with E-state index >= 15 is 0 Å². The number of carbonyl (C=O) groups excluding carboxylic acids is 1. The summed E-state index contributed by atoms with van der Waals surface area (Å²) in [5, 5.41) is -0.139. The van der Waals surface area contributed by atoms with Crippen molar-refractivity contribution in [3.8, 4) is 0 Å². The number of benzene rings is 3. The van der Waals surface area contributed by atoms with E-state index in [0.29, 0.717) is 22.8 Å². The Kier molecular flexibility index (Phi) is 6.06. The average molecular weight is 458 g/mol. The number of hydrogen-bond acceptors (Lipinski definition) is 3. The highest BCUT2D eigenvalue weighted by Gasteiger charge is 2.31. The van der Waals surface area contributed by atoms with Crippen LogP contribution in [0.2, 0.25) is 0 Å². The molecule has 0 saturated heterocycles. The molecule has 0 aliphatic carbocycles. The summed E-state index contributed by atoms with van der Waals surface area (Å²) >= 11 is 1.16. The van der Waals surface area contributed by atoms with Crippen LogP contribution in [0.15, 0.2) is 78.0 Å². The maximum absolute atomic E-state index is 13.2. The van der Waals surface area contributed by atoms with E-state index in [9.17, 15) is 22.4 Å². The first-order chi connectivity index (χ1) is 15.2. The zero-order chi connectivity index (χ0) is 22.9. The van der Waals surface area contributed by atoms with Gasteiger partial charge in [0.1, 0.15) is 5.82 Å². The number of aromatic nitrogens is 2. The number of hydrogen-bond donors (Lipinski definition) is 0. The number of alkyl halides is 3. The van der Waals surface area contributed by atoms with E-state index in [0.717, 1.165) is 29.5 Å². The van der Waals surface area contributed by atoms with E-state index in [1.165, 1.54) is 30.3 Å². The molecule has 3 nitrogen and oxygen atoms in total. The molecule has 32 heavy (non-hydrogen) atoms. The van der Waals surface area contributed by atoms with Gasteiger partial charge in [-0.05, 0) is 55.0 Å². The maximum Gasteiger partial charge on any atom is 0.416 e. The molecule has 4 aromatic rings. The van der Waals surface area contributed by atoms with Gasteiger partial charge in [-0.2, -0.15) is 13.2 Å². The van der Waals surface area contributed by atoms with E-state index in [-0.39, 0.29) is 11.3 Å². The predicted molar refractivity (Wildman–Crippen MR) is 116 cm³/mol. The van der Waals surface area contributed by atoms with Crippen molar-refractivity contribution in [3.05, 3.63) is 95.3 Å². The Labute approximate surface area is 186 Å². The number of ketones is 1. The Bertz CT molecular complexity index is 1250. The van der Waals surface area contributed by atoms with E-state index < -0.39 is 22.8 Å². The fourth-order valence-electron chi connectivity index (χ4n) is 3.35. The number of nitrogens with zero attached hydrogens (tertiary/aromatic N) is 2. The van der Waals surface area contributed by atoms with Crippen molar-refractivity contribution in [2.75, 3.05) is 0 Å². The summed E-state index contributed by atoms with van der Waals surface area (Å²) in [7, 11) is 0. The standard InChI is InChI=1S/C24H18F4N2OS/c1-15(22(31)17-7-10-19(25)11-8-17)32-23-29-20-13-18(24(26,27)28)9-12-21(20)30(23)14-16-5-3-2-4-6-16/h2-13,15H,14H2,1H3/t15-/m1/s1. The number of rotatable bonds is 6. The lowest BCUT2D eigenvalue weighted by atomic mass is 10.1. The Morgan fingerprint density at radius 1 is 1.03 bits per heavy atom. The second-order valence-corrected chi connectivity index (χ2v) is 8.61. The molecule has 3 aromatic carbocycles. The summed E-state index contributed by atoms with van der Waals surface area (Å²) in [6.07, 6.45) is -4.48. The summed E-state index contributed by atoms with van der Waals surface area (Å²) in [5.74, 6) is -0.656. The van der Waals surface area contributed by atoms with Crippen LogP contribution in [0.3, 0.4) is 0 Å². The molecule has 0 fully saturated rings. The number of halogens is 4. The minimum atomic E-state index is -4.48. The van der Waals surface area contributed by atoms with Crippen molar-refractivity contribution < 1.29 is 22.4 Å². The molecule has 164 valence electrons. The first-order valence-electron chi connectivity index (χ1n) is 9.80. The lowest BCUT2D eigenvalue weighted by molar-refractivity contribution is -0.137. The van der Waals surface area contributed by atoms with E-state index in [1.807, 2.05) is 34.9 Å². The average Bonchev–Trinajstić information content (AvgIpc) is 3.10. The smallest absolute Gasteiger partial charge is 0.314 e. The topological polar surface area (TPSA) is 34.9 Å². The highest BCUT2D eigenvalue weighted by atomic mass is 32.2. The van der Waals surface area contributed by atoms with Gasteiger partial charge in [0.05, 0.1) is 28.4 Å². The van der Waals surface area contributed by atoms with Crippen molar-refractivity contribution in [3.63, 3.8) is 0 Å². The first-order valence-corrected chi connectivity index (χ1v) is 10.7. The van der Waals surface area contributed by atoms with Gasteiger partial charge >= 0.3 is 6.18 Å². The second kappa shape index (κ2) is 8.78. The van der Waals surface area contributed by atoms with Crippen molar-refractivity contribution in [1.82, 2.24) is 9.55 Å². The third kappa shape index (κ3) is 4.70. The van der Waals surface area contributed by atoms with E-state index in [4.69, 9.17) is 0 Å². The summed E-state index contributed by atoms with van der Waals surface area (Å²) in [6.45, 7) is 2.09. The molecular formula is C24H18F4N2OS. The first kappa shape index (κ1) is 22.1. The van der Waals surface area contributed by atoms with Crippen molar-refractivity contribution in [2.45, 2.75) is 30.1 Å². The maximum atomic E-state index is 13.2. The van der Waals surface area contributed by atoms with Gasteiger partial charge in [0.2, 0.25) is 0 Å². The van der Waals surface area contributed by atoms with Gasteiger partial charge in [0, 0.05) is 5.56 Å². The zero-order valence-corrected chi connectivity index (χ0v) is 17.8. The van der Waals surface area contributed by atoms with Crippen LogP contribution in [-0.2, 0) is 12.7 Å². The van der Waals surface area contributed by atoms with Crippen LogP contribution in [0, 0.1) is 5.82 Å². The minimum Gasteiger partial charge on any atom is -0.314 e. The fourth-order valence-corrected chi connectivity index (χ4v) is 4.35. The largest absolute Gasteiger partial charge is 0.416 e. The van der Waals surface area contributed by atoms with Crippen LogP contribution in [0.25, 0.3) is 11.0 Å². The third-order valence-electron chi connectivity index (χ3n) is 5.00. The van der Waals surface area contributed by atoms with E-state index in [2.05, 4.69) is 4.98 Å². The molecular weight excluding hydrogens is 440 g/mol. The van der Waals surface area contributed by atoms with Crippen LogP contribution in [0.1, 0.15) is 28.4 Å². The Balaban J connectivity index is 1.71. The molecule has 0 unspecified atom stereocenters. The summed E-state index contributed by atoms with van der Waals surface area (Å²) in [5.41, 5.74) is 1.29. The molecule has 0 radical (unpaired) electrons. The van der Waals surface area contributed by atoms with Gasteiger partial charge in [-0.3, -0.25) is 4.79 Å². The van der Waals surface area contributed by atoms with Crippen LogP contribution in [-0.4, -0.2) is 20.6 Å². The number of imidazole rings is 1. The quantitative estimate of drug-likeness (QED) is 0.185. The molecule has 0 bridgehead atoms. The fraction of sp³-hybridized carbons (Fsp3) is 0.167. The van der Waals surface area contributed by atoms with Gasteiger partial charge in [0.25, 0.3) is 0 Å². The van der Waals surface area contributed by atoms with Crippen molar-refractivity contribution >= 4 is 28.6 Å². The molecule has 0 N–H and O–H groups in total. The Morgan fingerprint density at radius 3 is 2.38 bits per heavy atom. The highest BCUT2D eigenvalue weighted by Crippen LogP contribution is 2.34. The van der Waals surface area contributed by atoms with Crippen LogP contribution >= 0.6 is 11.8 Å². The van der Waals surface area contributed by atoms with E-state index in [1.54, 1.807) is 6.92 Å². The number of Topliss-reactive ketones (excluding diaryl/α,β-unsaturated/α-hetero) is 1. The summed E-state index contributed by atoms with van der Waals surface area (Å²) in [4.78, 5) is 17.2. The molecule has 4 rings (SSSR count). The number of fused-ring (bicyclic) bond motifs is 1. The van der Waals surface area contributed by atoms with Crippen molar-refractivity contribution in [2.24, 2.45) is 0 Å². The van der Waals surface area contributed by atoms with Gasteiger partial charge in [-0.15, -0.1) is 0 Å². The third-order valence-corrected chi connectivity index (χ3v) is 6.09. The van der Waals surface area contributed by atoms with Crippen LogP contribution in [0.4, 0.5) is 17.6 Å². The number of thioether (sulfide) groups is 1. The van der Waals surface area contributed by atoms with Crippen molar-refractivity contribution in [1.29, 1.82) is 0 Å². The predicted octanol–water partition coefficient (Wildman–Crippen LogP) is 6.61. The summed E-state index contributed by atoms with van der Waals surface area (Å²) in [6, 6.07) is 18.2. The number of carbonyl (C=O) groups is 1. The molecule has 1 atom stereocenters. The zero-order valence-electron chi connectivity index (χ0n) is 16.9. The van der Waals surface area contributed by atoms with Crippen LogP contribution < -0.4 is 0 Å². The Morgan fingerprint density at radius 2 is 1.72 bits per heavy atom. The second-order valence-electron chi connectivity index (χ2n) is 7.30. The molecule has 0 amide bonds. The SMILES string of the molecule is C[C@@H](Sc1nc2cc(C(F)(F)F)ccc2n1Cc1ccccc1)C(=O)c1ccc(F)cc1. The highest BCUT2D eigenvalue weighted by molar-refractivity contribution is 8.00. The van der Waals surface area contributed by atoms with Gasteiger partial charge in [-0.1, -0.05) is 42.1 Å². The lowest BCUT2D eigenvalue weighted by Crippen LogP contribution is -2.15. The van der Waals surface area contributed by atoms with Gasteiger partial charge in [-0.25, -0.2) is 9.37 Å². The minimum absolute atomic E-state index is 0.208. The molecule has 1 heterocycles. The summed E-state index contributed by atoms with van der Waals surface area (Å²) < 4.78 is 54.6. The van der Waals surface area contributed by atoms with Gasteiger partial charge < -0.3 is 4.57 Å². The Hall–Kier alpha value is -3.13. The molecule has 0 aliphatic rings. The lowest BCUT2D eigenvalue weighted by Gasteiger charge is -2.13.